The molecule has 1 saturated carbocycles. The molecule has 0 aromatic heterocycles. The van der Waals surface area contributed by atoms with E-state index in [-0.39, 0.29) is 0 Å². The van der Waals surface area contributed by atoms with E-state index in [0.717, 1.165) is 29.6 Å². The number of hydrogen-bond acceptors (Lipinski definition) is 2. The lowest BCUT2D eigenvalue weighted by atomic mass is 9.83. The smallest absolute Gasteiger partial charge is 0.257 e. The van der Waals surface area contributed by atoms with Gasteiger partial charge in [0.2, 0.25) is 0 Å². The van der Waals surface area contributed by atoms with Crippen molar-refractivity contribution >= 4 is 17.8 Å². The summed E-state index contributed by atoms with van der Waals surface area (Å²) in [5.74, 6) is 0. The zero-order valence-corrected chi connectivity index (χ0v) is 10.9. The SMILES string of the molecule is N#CC1(/[N+]([O-])=C/c2ccc(Cl)cc2)CCCCC1. The minimum Gasteiger partial charge on any atom is -0.623 e. The first kappa shape index (κ1) is 12.9. The lowest BCUT2D eigenvalue weighted by molar-refractivity contribution is -0.532. The molecule has 0 radical (unpaired) electrons. The summed E-state index contributed by atoms with van der Waals surface area (Å²) in [4.78, 5) is 0. The summed E-state index contributed by atoms with van der Waals surface area (Å²) in [7, 11) is 0. The Morgan fingerprint density at radius 3 is 2.39 bits per heavy atom. The zero-order chi connectivity index (χ0) is 13.0. The molecule has 0 amide bonds. The lowest BCUT2D eigenvalue weighted by Gasteiger charge is -2.28. The molecule has 1 fully saturated rings. The third-order valence-electron chi connectivity index (χ3n) is 3.45. The van der Waals surface area contributed by atoms with Crippen LogP contribution in [-0.4, -0.2) is 16.5 Å². The average Bonchev–Trinajstić information content (AvgIpc) is 2.42. The summed E-state index contributed by atoms with van der Waals surface area (Å²) in [6, 6.07) is 9.24. The van der Waals surface area contributed by atoms with Crippen LogP contribution in [0.15, 0.2) is 24.3 Å². The van der Waals surface area contributed by atoms with Crippen molar-refractivity contribution in [3.8, 4) is 6.07 Å². The van der Waals surface area contributed by atoms with Crippen LogP contribution in [0.25, 0.3) is 0 Å². The molecule has 0 bridgehead atoms. The van der Waals surface area contributed by atoms with Gasteiger partial charge in [-0.2, -0.15) is 10.0 Å². The quantitative estimate of drug-likeness (QED) is 0.354. The normalized spacial score (nSPS) is 19.2. The molecule has 1 aromatic carbocycles. The Morgan fingerprint density at radius 2 is 1.83 bits per heavy atom. The second kappa shape index (κ2) is 5.41. The van der Waals surface area contributed by atoms with Crippen LogP contribution in [0.4, 0.5) is 0 Å². The molecule has 1 aromatic rings. The number of rotatable bonds is 2. The van der Waals surface area contributed by atoms with E-state index >= 15 is 0 Å². The summed E-state index contributed by atoms with van der Waals surface area (Å²) >= 11 is 5.79. The molecule has 0 atom stereocenters. The first-order valence-corrected chi connectivity index (χ1v) is 6.52. The van der Waals surface area contributed by atoms with E-state index in [1.165, 1.54) is 6.21 Å². The van der Waals surface area contributed by atoms with Gasteiger partial charge in [-0.3, -0.25) is 0 Å². The van der Waals surface area contributed by atoms with E-state index in [4.69, 9.17) is 11.6 Å². The number of hydrogen-bond donors (Lipinski definition) is 0. The Balaban J connectivity index is 2.26. The van der Waals surface area contributed by atoms with E-state index in [1.807, 2.05) is 0 Å². The van der Waals surface area contributed by atoms with Crippen molar-refractivity contribution in [3.05, 3.63) is 40.1 Å². The van der Waals surface area contributed by atoms with Gasteiger partial charge in [-0.1, -0.05) is 18.0 Å². The van der Waals surface area contributed by atoms with Gasteiger partial charge in [0.15, 0.2) is 6.21 Å². The highest BCUT2D eigenvalue weighted by atomic mass is 35.5. The molecule has 0 aliphatic heterocycles. The average molecular weight is 263 g/mol. The fraction of sp³-hybridized carbons (Fsp3) is 0.429. The number of benzene rings is 1. The molecule has 0 spiro atoms. The number of hydroxylamine groups is 1. The Labute approximate surface area is 112 Å². The first-order chi connectivity index (χ1) is 8.66. The largest absolute Gasteiger partial charge is 0.623 e. The second-order valence-corrected chi connectivity index (χ2v) is 5.15. The van der Waals surface area contributed by atoms with Crippen LogP contribution in [-0.2, 0) is 0 Å². The van der Waals surface area contributed by atoms with Crippen LogP contribution in [0, 0.1) is 16.5 Å². The van der Waals surface area contributed by atoms with Gasteiger partial charge in [0.25, 0.3) is 5.54 Å². The van der Waals surface area contributed by atoms with E-state index in [9.17, 15) is 10.5 Å². The Kier molecular flexibility index (Phi) is 3.88. The van der Waals surface area contributed by atoms with Gasteiger partial charge < -0.3 is 5.21 Å². The topological polar surface area (TPSA) is 49.9 Å². The highest BCUT2D eigenvalue weighted by Gasteiger charge is 2.40. The monoisotopic (exact) mass is 262 g/mol. The maximum Gasteiger partial charge on any atom is 0.257 e. The molecule has 0 saturated heterocycles. The van der Waals surface area contributed by atoms with E-state index in [1.54, 1.807) is 24.3 Å². The van der Waals surface area contributed by atoms with Gasteiger partial charge in [0.1, 0.15) is 6.07 Å². The van der Waals surface area contributed by atoms with Crippen LogP contribution in [0.3, 0.4) is 0 Å². The van der Waals surface area contributed by atoms with Crippen molar-refractivity contribution in [1.29, 1.82) is 5.26 Å². The predicted molar refractivity (Wildman–Crippen MR) is 71.7 cm³/mol. The molecule has 18 heavy (non-hydrogen) atoms. The summed E-state index contributed by atoms with van der Waals surface area (Å²) in [6.45, 7) is 0. The van der Waals surface area contributed by atoms with E-state index in [2.05, 4.69) is 6.07 Å². The third-order valence-corrected chi connectivity index (χ3v) is 3.70. The maximum absolute atomic E-state index is 12.2. The van der Waals surface area contributed by atoms with E-state index < -0.39 is 5.54 Å². The number of halogens is 1. The van der Waals surface area contributed by atoms with Crippen LogP contribution in [0.2, 0.25) is 5.02 Å². The fourth-order valence-corrected chi connectivity index (χ4v) is 2.45. The van der Waals surface area contributed by atoms with Gasteiger partial charge in [-0.25, -0.2) is 0 Å². The van der Waals surface area contributed by atoms with Crippen molar-refractivity contribution in [3.63, 3.8) is 0 Å². The van der Waals surface area contributed by atoms with Crippen molar-refractivity contribution < 1.29 is 4.74 Å². The number of nitriles is 1. The van der Waals surface area contributed by atoms with Crippen LogP contribution in [0.5, 0.6) is 0 Å². The minimum atomic E-state index is -0.877. The summed E-state index contributed by atoms with van der Waals surface area (Å²) in [5, 5.41) is 22.1. The molecule has 0 unspecified atom stereocenters. The fourth-order valence-electron chi connectivity index (χ4n) is 2.33. The third kappa shape index (κ3) is 2.65. The summed E-state index contributed by atoms with van der Waals surface area (Å²) < 4.78 is 0.829. The van der Waals surface area contributed by atoms with Crippen molar-refractivity contribution in [2.75, 3.05) is 0 Å². The van der Waals surface area contributed by atoms with Crippen LogP contribution >= 0.6 is 11.6 Å². The number of nitrogens with zero attached hydrogens (tertiary/aromatic N) is 2. The molecule has 2 rings (SSSR count). The molecular weight excluding hydrogens is 248 g/mol. The maximum atomic E-state index is 12.2. The van der Waals surface area contributed by atoms with Gasteiger partial charge in [-0.05, 0) is 37.1 Å². The van der Waals surface area contributed by atoms with Crippen molar-refractivity contribution in [2.24, 2.45) is 0 Å². The second-order valence-electron chi connectivity index (χ2n) is 4.71. The zero-order valence-electron chi connectivity index (χ0n) is 10.1. The predicted octanol–water partition coefficient (Wildman–Crippen LogP) is 3.50. The molecule has 0 heterocycles. The molecule has 3 nitrogen and oxygen atoms in total. The Hall–Kier alpha value is -1.53. The van der Waals surface area contributed by atoms with Gasteiger partial charge in [-0.15, -0.1) is 0 Å². The summed E-state index contributed by atoms with van der Waals surface area (Å²) in [5.41, 5.74) is -0.104. The van der Waals surface area contributed by atoms with Crippen LogP contribution in [0.1, 0.15) is 37.7 Å². The van der Waals surface area contributed by atoms with Gasteiger partial charge in [0, 0.05) is 23.4 Å². The molecular formula is C14H15ClN2O. The summed E-state index contributed by atoms with van der Waals surface area (Å²) in [6.07, 6.45) is 5.79. The van der Waals surface area contributed by atoms with Crippen molar-refractivity contribution in [2.45, 2.75) is 37.6 Å². The molecule has 1 aliphatic carbocycles. The standard InChI is InChI=1S/C14H15ClN2O/c15-13-6-4-12(5-7-13)10-17(18)14(11-16)8-2-1-3-9-14/h4-7,10H,1-3,8-9H2/b17-10-. The molecule has 94 valence electrons. The van der Waals surface area contributed by atoms with Crippen LogP contribution < -0.4 is 0 Å². The molecule has 0 N–H and O–H groups in total. The lowest BCUT2D eigenvalue weighted by Crippen LogP contribution is -2.40. The Morgan fingerprint density at radius 1 is 1.22 bits per heavy atom. The van der Waals surface area contributed by atoms with Gasteiger partial charge >= 0.3 is 0 Å². The molecule has 1 aliphatic rings. The Bertz CT molecular complexity index is 482. The minimum absolute atomic E-state index is 0.636. The first-order valence-electron chi connectivity index (χ1n) is 6.14. The highest BCUT2D eigenvalue weighted by Crippen LogP contribution is 2.30. The molecule has 4 heteroatoms. The highest BCUT2D eigenvalue weighted by molar-refractivity contribution is 6.30. The van der Waals surface area contributed by atoms with E-state index in [0.29, 0.717) is 17.9 Å². The van der Waals surface area contributed by atoms with Gasteiger partial charge in [0.05, 0.1) is 0 Å². The van der Waals surface area contributed by atoms with Crippen molar-refractivity contribution in [1.82, 2.24) is 0 Å².